The normalized spacial score (nSPS) is 10.2. The summed E-state index contributed by atoms with van der Waals surface area (Å²) in [5, 5.41) is 14.8. The van der Waals surface area contributed by atoms with Crippen LogP contribution in [0.25, 0.3) is 10.9 Å². The lowest BCUT2D eigenvalue weighted by atomic mass is 10.2. The number of benzene rings is 2. The third kappa shape index (κ3) is 3.19. The molecule has 7 heteroatoms. The lowest BCUT2D eigenvalue weighted by molar-refractivity contribution is 0.356. The molecule has 0 radical (unpaired) electrons. The number of nitriles is 1. The predicted molar refractivity (Wildman–Crippen MR) is 93.8 cm³/mol. The van der Waals surface area contributed by atoms with E-state index in [2.05, 4.69) is 20.7 Å². The van der Waals surface area contributed by atoms with Crippen molar-refractivity contribution in [1.82, 2.24) is 9.97 Å². The number of nitrogens with zero attached hydrogens (tertiary/aromatic N) is 3. The number of aromatic nitrogens is 2. The summed E-state index contributed by atoms with van der Waals surface area (Å²) in [5.74, 6) is 1.90. The Bertz CT molecular complexity index is 907. The first kappa shape index (κ1) is 15.9. The van der Waals surface area contributed by atoms with Gasteiger partial charge in [0.25, 0.3) is 0 Å². The number of hydrogen-bond donors (Lipinski definition) is 1. The van der Waals surface area contributed by atoms with Gasteiger partial charge in [0.1, 0.15) is 17.5 Å². The smallest absolute Gasteiger partial charge is 0.162 e. The Morgan fingerprint density at radius 3 is 2.42 bits per heavy atom. The molecule has 0 aliphatic rings. The molecule has 3 rings (SSSR count). The molecule has 0 bridgehead atoms. The van der Waals surface area contributed by atoms with Crippen molar-refractivity contribution < 1.29 is 9.47 Å². The lowest BCUT2D eigenvalue weighted by Gasteiger charge is -2.12. The van der Waals surface area contributed by atoms with Gasteiger partial charge in [-0.25, -0.2) is 9.97 Å². The summed E-state index contributed by atoms with van der Waals surface area (Å²) in [6.07, 6.45) is 1.50. The fourth-order valence-electron chi connectivity index (χ4n) is 2.28. The van der Waals surface area contributed by atoms with E-state index in [9.17, 15) is 0 Å². The van der Waals surface area contributed by atoms with Crippen molar-refractivity contribution in [3.63, 3.8) is 0 Å². The second-order valence-corrected chi connectivity index (χ2v) is 5.65. The van der Waals surface area contributed by atoms with Crippen molar-refractivity contribution in [2.75, 3.05) is 19.5 Å². The molecule has 0 amide bonds. The molecule has 1 N–H and O–H groups in total. The molecule has 0 atom stereocenters. The molecular weight excluding hydrogens is 324 g/mol. The van der Waals surface area contributed by atoms with Gasteiger partial charge in [0.05, 0.1) is 19.7 Å². The van der Waals surface area contributed by atoms with Crippen molar-refractivity contribution >= 4 is 34.2 Å². The van der Waals surface area contributed by atoms with Crippen molar-refractivity contribution in [1.29, 1.82) is 5.26 Å². The number of rotatable bonds is 5. The quantitative estimate of drug-likeness (QED) is 0.557. The number of thiocyanates is 1. The number of nitrogens with one attached hydrogen (secondary N) is 1. The maximum atomic E-state index is 8.69. The highest BCUT2D eigenvalue weighted by Gasteiger charge is 2.11. The highest BCUT2D eigenvalue weighted by atomic mass is 32.2. The first-order chi connectivity index (χ1) is 11.7. The van der Waals surface area contributed by atoms with Gasteiger partial charge >= 0.3 is 0 Å². The van der Waals surface area contributed by atoms with E-state index in [0.717, 1.165) is 33.2 Å². The van der Waals surface area contributed by atoms with E-state index in [1.807, 2.05) is 36.4 Å². The minimum Gasteiger partial charge on any atom is -0.493 e. The van der Waals surface area contributed by atoms with Gasteiger partial charge in [-0.05, 0) is 42.1 Å². The lowest BCUT2D eigenvalue weighted by Crippen LogP contribution is -1.97. The largest absolute Gasteiger partial charge is 0.493 e. The molecule has 1 heterocycles. The molecule has 0 aliphatic carbocycles. The molecule has 120 valence electrons. The highest BCUT2D eigenvalue weighted by molar-refractivity contribution is 8.03. The van der Waals surface area contributed by atoms with E-state index in [0.29, 0.717) is 17.3 Å². The first-order valence-corrected chi connectivity index (χ1v) is 7.86. The summed E-state index contributed by atoms with van der Waals surface area (Å²) in [5.41, 5.74) is 1.62. The van der Waals surface area contributed by atoms with E-state index >= 15 is 0 Å². The van der Waals surface area contributed by atoms with Crippen molar-refractivity contribution in [2.45, 2.75) is 4.90 Å². The molecule has 0 unspecified atom stereocenters. The van der Waals surface area contributed by atoms with Crippen LogP contribution in [-0.2, 0) is 0 Å². The SMILES string of the molecule is COc1cc2ncnc(Nc3ccc(SC#N)cc3)c2cc1OC. The summed E-state index contributed by atoms with van der Waals surface area (Å²) in [4.78, 5) is 9.49. The van der Waals surface area contributed by atoms with E-state index in [4.69, 9.17) is 14.7 Å². The molecule has 0 fully saturated rings. The fraction of sp³-hybridized carbons (Fsp3) is 0.118. The topological polar surface area (TPSA) is 80.1 Å². The second-order valence-electron chi connectivity index (χ2n) is 4.79. The van der Waals surface area contributed by atoms with Crippen molar-refractivity contribution in [3.8, 4) is 16.9 Å². The fourth-order valence-corrected chi connectivity index (χ4v) is 2.66. The molecule has 0 saturated heterocycles. The predicted octanol–water partition coefficient (Wildman–Crippen LogP) is 3.96. The van der Waals surface area contributed by atoms with E-state index in [1.165, 1.54) is 6.33 Å². The summed E-state index contributed by atoms with van der Waals surface area (Å²) in [7, 11) is 3.18. The van der Waals surface area contributed by atoms with Crippen LogP contribution >= 0.6 is 11.8 Å². The maximum absolute atomic E-state index is 8.69. The van der Waals surface area contributed by atoms with Gasteiger partial charge in [-0.2, -0.15) is 5.26 Å². The van der Waals surface area contributed by atoms with Crippen LogP contribution in [0.3, 0.4) is 0 Å². The molecule has 1 aromatic heterocycles. The van der Waals surface area contributed by atoms with Crippen LogP contribution in [0.1, 0.15) is 0 Å². The van der Waals surface area contributed by atoms with E-state index in [1.54, 1.807) is 14.2 Å². The molecular formula is C17H14N4O2S. The van der Waals surface area contributed by atoms with Crippen LogP contribution in [0, 0.1) is 10.7 Å². The van der Waals surface area contributed by atoms with Crippen LogP contribution in [-0.4, -0.2) is 24.2 Å². The Morgan fingerprint density at radius 1 is 1.04 bits per heavy atom. The van der Waals surface area contributed by atoms with Gasteiger partial charge in [0.2, 0.25) is 0 Å². The third-order valence-corrected chi connectivity index (χ3v) is 4.02. The molecule has 3 aromatic rings. The van der Waals surface area contributed by atoms with Crippen molar-refractivity contribution in [2.24, 2.45) is 0 Å². The average molecular weight is 338 g/mol. The summed E-state index contributed by atoms with van der Waals surface area (Å²) in [6.45, 7) is 0. The number of hydrogen-bond acceptors (Lipinski definition) is 7. The minimum atomic E-state index is 0.614. The average Bonchev–Trinajstić information content (AvgIpc) is 2.62. The zero-order valence-electron chi connectivity index (χ0n) is 13.1. The number of fused-ring (bicyclic) bond motifs is 1. The monoisotopic (exact) mass is 338 g/mol. The van der Waals surface area contributed by atoms with Gasteiger partial charge in [0, 0.05) is 22.0 Å². The zero-order chi connectivity index (χ0) is 16.9. The number of methoxy groups -OCH3 is 2. The number of thioether (sulfide) groups is 1. The van der Waals surface area contributed by atoms with Crippen LogP contribution in [0.4, 0.5) is 11.5 Å². The Balaban J connectivity index is 1.98. The van der Waals surface area contributed by atoms with Gasteiger partial charge in [-0.1, -0.05) is 0 Å². The zero-order valence-corrected chi connectivity index (χ0v) is 13.9. The standard InChI is InChI=1S/C17H14N4O2S/c1-22-15-7-13-14(8-16(15)23-2)19-10-20-17(13)21-11-3-5-12(6-4-11)24-9-18/h3-8,10H,1-2H3,(H,19,20,21). The second kappa shape index (κ2) is 7.06. The maximum Gasteiger partial charge on any atom is 0.162 e. The van der Waals surface area contributed by atoms with Gasteiger partial charge in [-0.3, -0.25) is 0 Å². The molecule has 2 aromatic carbocycles. The van der Waals surface area contributed by atoms with Crippen LogP contribution in [0.15, 0.2) is 47.6 Å². The Hall–Kier alpha value is -2.98. The van der Waals surface area contributed by atoms with Crippen LogP contribution in [0.5, 0.6) is 11.5 Å². The first-order valence-electron chi connectivity index (χ1n) is 7.05. The Labute approximate surface area is 143 Å². The molecule has 0 spiro atoms. The minimum absolute atomic E-state index is 0.614. The number of ether oxygens (including phenoxy) is 2. The third-order valence-electron chi connectivity index (χ3n) is 3.42. The molecule has 6 nitrogen and oxygen atoms in total. The van der Waals surface area contributed by atoms with E-state index in [-0.39, 0.29) is 0 Å². The molecule has 24 heavy (non-hydrogen) atoms. The summed E-state index contributed by atoms with van der Waals surface area (Å²) in [6, 6.07) is 11.2. The summed E-state index contributed by atoms with van der Waals surface area (Å²) >= 11 is 1.12. The van der Waals surface area contributed by atoms with Gasteiger partial charge < -0.3 is 14.8 Å². The van der Waals surface area contributed by atoms with Crippen LogP contribution in [0.2, 0.25) is 0 Å². The highest BCUT2D eigenvalue weighted by Crippen LogP contribution is 2.34. The van der Waals surface area contributed by atoms with Crippen molar-refractivity contribution in [3.05, 3.63) is 42.7 Å². The van der Waals surface area contributed by atoms with Crippen LogP contribution < -0.4 is 14.8 Å². The van der Waals surface area contributed by atoms with Gasteiger partial charge in [0.15, 0.2) is 11.5 Å². The number of anilines is 2. The summed E-state index contributed by atoms with van der Waals surface area (Å²) < 4.78 is 10.7. The Morgan fingerprint density at radius 2 is 1.75 bits per heavy atom. The molecule has 0 aliphatic heterocycles. The molecule has 0 saturated carbocycles. The van der Waals surface area contributed by atoms with Gasteiger partial charge in [-0.15, -0.1) is 0 Å². The van der Waals surface area contributed by atoms with E-state index < -0.39 is 0 Å². The Kier molecular flexibility index (Phi) is 4.68.